The molecule has 0 unspecified atom stereocenters. The maximum absolute atomic E-state index is 5.67. The van der Waals surface area contributed by atoms with Gasteiger partial charge < -0.3 is 15.5 Å². The predicted octanol–water partition coefficient (Wildman–Crippen LogP) is 2.82. The number of aromatic amines is 1. The lowest BCUT2D eigenvalue weighted by Crippen LogP contribution is -1.85. The standard InChI is InChI=1S/C14H13N3O/c1-18-12-4-2-3-11-13(12)17-14(16-11)9-5-7-10(15)8-6-9/h2-8H,15H2,1H3,(H,16,17). The lowest BCUT2D eigenvalue weighted by molar-refractivity contribution is 0.419. The summed E-state index contributed by atoms with van der Waals surface area (Å²) in [7, 11) is 1.65. The van der Waals surface area contributed by atoms with Crippen molar-refractivity contribution in [1.29, 1.82) is 0 Å². The van der Waals surface area contributed by atoms with Crippen molar-refractivity contribution in [1.82, 2.24) is 9.97 Å². The molecule has 0 aliphatic carbocycles. The van der Waals surface area contributed by atoms with Gasteiger partial charge in [-0.25, -0.2) is 4.98 Å². The van der Waals surface area contributed by atoms with E-state index in [0.717, 1.165) is 33.9 Å². The van der Waals surface area contributed by atoms with E-state index >= 15 is 0 Å². The minimum Gasteiger partial charge on any atom is -0.494 e. The summed E-state index contributed by atoms with van der Waals surface area (Å²) in [6.07, 6.45) is 0. The minimum absolute atomic E-state index is 0.743. The summed E-state index contributed by atoms with van der Waals surface area (Å²) in [5.41, 5.74) is 9.22. The number of fused-ring (bicyclic) bond motifs is 1. The summed E-state index contributed by atoms with van der Waals surface area (Å²) in [5.74, 6) is 1.58. The molecule has 0 aliphatic rings. The molecule has 0 bridgehead atoms. The number of methoxy groups -OCH3 is 1. The lowest BCUT2D eigenvalue weighted by Gasteiger charge is -1.98. The van der Waals surface area contributed by atoms with Crippen LogP contribution in [0.15, 0.2) is 42.5 Å². The number of nitrogens with one attached hydrogen (secondary N) is 1. The van der Waals surface area contributed by atoms with Crippen molar-refractivity contribution >= 4 is 16.7 Å². The Hall–Kier alpha value is -2.49. The normalized spacial score (nSPS) is 10.7. The Bertz CT molecular complexity index is 686. The Morgan fingerprint density at radius 1 is 1.11 bits per heavy atom. The molecule has 3 rings (SSSR count). The third-order valence-corrected chi connectivity index (χ3v) is 2.88. The molecule has 1 heterocycles. The van der Waals surface area contributed by atoms with E-state index in [1.165, 1.54) is 0 Å². The Morgan fingerprint density at radius 2 is 1.89 bits per heavy atom. The van der Waals surface area contributed by atoms with E-state index in [2.05, 4.69) is 9.97 Å². The van der Waals surface area contributed by atoms with Crippen molar-refractivity contribution in [2.24, 2.45) is 0 Å². The fourth-order valence-electron chi connectivity index (χ4n) is 1.95. The van der Waals surface area contributed by atoms with E-state index in [1.54, 1.807) is 7.11 Å². The Morgan fingerprint density at radius 3 is 2.61 bits per heavy atom. The maximum atomic E-state index is 5.67. The van der Waals surface area contributed by atoms with Gasteiger partial charge in [0.05, 0.1) is 12.6 Å². The molecular formula is C14H13N3O. The molecule has 4 nitrogen and oxygen atoms in total. The molecule has 0 fully saturated rings. The van der Waals surface area contributed by atoms with Crippen LogP contribution >= 0.6 is 0 Å². The molecule has 0 saturated carbocycles. The Kier molecular flexibility index (Phi) is 2.41. The number of nitrogens with two attached hydrogens (primary N) is 1. The van der Waals surface area contributed by atoms with Gasteiger partial charge in [-0.3, -0.25) is 0 Å². The zero-order valence-corrected chi connectivity index (χ0v) is 9.97. The highest BCUT2D eigenvalue weighted by Gasteiger charge is 2.08. The number of para-hydroxylation sites is 1. The zero-order chi connectivity index (χ0) is 12.5. The second-order valence-electron chi connectivity index (χ2n) is 4.06. The first kappa shape index (κ1) is 10.7. The number of H-pyrrole nitrogens is 1. The average Bonchev–Trinajstić information content (AvgIpc) is 2.83. The van der Waals surface area contributed by atoms with Gasteiger partial charge in [0.25, 0.3) is 0 Å². The fraction of sp³-hybridized carbons (Fsp3) is 0.0714. The number of aromatic nitrogens is 2. The summed E-state index contributed by atoms with van der Waals surface area (Å²) in [5, 5.41) is 0. The van der Waals surface area contributed by atoms with Crippen LogP contribution in [0.1, 0.15) is 0 Å². The molecule has 0 spiro atoms. The molecule has 2 aromatic carbocycles. The van der Waals surface area contributed by atoms with Crippen LogP contribution in [0.3, 0.4) is 0 Å². The van der Waals surface area contributed by atoms with E-state index in [4.69, 9.17) is 10.5 Å². The number of nitrogen functional groups attached to an aromatic ring is 1. The molecule has 0 atom stereocenters. The maximum Gasteiger partial charge on any atom is 0.146 e. The van der Waals surface area contributed by atoms with Crippen LogP contribution in [0.4, 0.5) is 5.69 Å². The van der Waals surface area contributed by atoms with Crippen LogP contribution in [0.5, 0.6) is 5.75 Å². The number of hydrogen-bond acceptors (Lipinski definition) is 3. The van der Waals surface area contributed by atoms with E-state index in [-0.39, 0.29) is 0 Å². The third kappa shape index (κ3) is 1.68. The van der Waals surface area contributed by atoms with Gasteiger partial charge in [-0.1, -0.05) is 6.07 Å². The Labute approximate surface area is 104 Å². The highest BCUT2D eigenvalue weighted by atomic mass is 16.5. The third-order valence-electron chi connectivity index (χ3n) is 2.88. The molecule has 3 N–H and O–H groups in total. The molecule has 0 saturated heterocycles. The molecule has 4 heteroatoms. The minimum atomic E-state index is 0.743. The second-order valence-corrected chi connectivity index (χ2v) is 4.06. The number of benzene rings is 2. The van der Waals surface area contributed by atoms with E-state index in [9.17, 15) is 0 Å². The summed E-state index contributed by atoms with van der Waals surface area (Å²) < 4.78 is 5.29. The predicted molar refractivity (Wildman–Crippen MR) is 72.5 cm³/mol. The van der Waals surface area contributed by atoms with Gasteiger partial charge in [-0.05, 0) is 36.4 Å². The summed E-state index contributed by atoms with van der Waals surface area (Å²) >= 11 is 0. The Balaban J connectivity index is 2.16. The van der Waals surface area contributed by atoms with Gasteiger partial charge in [0, 0.05) is 11.3 Å². The van der Waals surface area contributed by atoms with Crippen LogP contribution in [0.25, 0.3) is 22.4 Å². The number of imidazole rings is 1. The quantitative estimate of drug-likeness (QED) is 0.676. The number of rotatable bonds is 2. The molecule has 3 aromatic rings. The zero-order valence-electron chi connectivity index (χ0n) is 9.97. The second kappa shape index (κ2) is 4.07. The summed E-state index contributed by atoms with van der Waals surface area (Å²) in [4.78, 5) is 7.84. The summed E-state index contributed by atoms with van der Waals surface area (Å²) in [6, 6.07) is 13.4. The molecular weight excluding hydrogens is 226 g/mol. The largest absolute Gasteiger partial charge is 0.494 e. The fourth-order valence-corrected chi connectivity index (χ4v) is 1.95. The first-order valence-corrected chi connectivity index (χ1v) is 5.66. The lowest BCUT2D eigenvalue weighted by atomic mass is 10.2. The molecule has 0 aliphatic heterocycles. The monoisotopic (exact) mass is 239 g/mol. The number of ether oxygens (including phenoxy) is 1. The first-order chi connectivity index (χ1) is 8.78. The summed E-state index contributed by atoms with van der Waals surface area (Å²) in [6.45, 7) is 0. The van der Waals surface area contributed by atoms with Crippen LogP contribution in [-0.2, 0) is 0 Å². The van der Waals surface area contributed by atoms with E-state index in [0.29, 0.717) is 0 Å². The number of hydrogen-bond donors (Lipinski definition) is 2. The van der Waals surface area contributed by atoms with Gasteiger partial charge in [0.2, 0.25) is 0 Å². The van der Waals surface area contributed by atoms with Crippen molar-refractivity contribution in [2.75, 3.05) is 12.8 Å². The van der Waals surface area contributed by atoms with Crippen molar-refractivity contribution in [2.45, 2.75) is 0 Å². The van der Waals surface area contributed by atoms with Gasteiger partial charge in [-0.2, -0.15) is 0 Å². The first-order valence-electron chi connectivity index (χ1n) is 5.66. The van der Waals surface area contributed by atoms with Crippen LogP contribution in [0, 0.1) is 0 Å². The van der Waals surface area contributed by atoms with Crippen molar-refractivity contribution < 1.29 is 4.74 Å². The molecule has 0 radical (unpaired) electrons. The van der Waals surface area contributed by atoms with E-state index < -0.39 is 0 Å². The molecule has 0 amide bonds. The number of anilines is 1. The van der Waals surface area contributed by atoms with Gasteiger partial charge >= 0.3 is 0 Å². The van der Waals surface area contributed by atoms with Crippen molar-refractivity contribution in [3.8, 4) is 17.1 Å². The van der Waals surface area contributed by atoms with Crippen molar-refractivity contribution in [3.63, 3.8) is 0 Å². The van der Waals surface area contributed by atoms with Gasteiger partial charge in [0.1, 0.15) is 17.1 Å². The SMILES string of the molecule is COc1cccc2[nH]c(-c3ccc(N)cc3)nc12. The highest BCUT2D eigenvalue weighted by Crippen LogP contribution is 2.27. The average molecular weight is 239 g/mol. The van der Waals surface area contributed by atoms with Crippen LogP contribution in [-0.4, -0.2) is 17.1 Å². The van der Waals surface area contributed by atoms with Crippen LogP contribution < -0.4 is 10.5 Å². The molecule has 18 heavy (non-hydrogen) atoms. The van der Waals surface area contributed by atoms with E-state index in [1.807, 2.05) is 42.5 Å². The topological polar surface area (TPSA) is 63.9 Å². The highest BCUT2D eigenvalue weighted by molar-refractivity contribution is 5.84. The molecule has 1 aromatic heterocycles. The van der Waals surface area contributed by atoms with Gasteiger partial charge in [-0.15, -0.1) is 0 Å². The number of nitrogens with zero attached hydrogens (tertiary/aromatic N) is 1. The smallest absolute Gasteiger partial charge is 0.146 e. The molecule has 90 valence electrons. The van der Waals surface area contributed by atoms with Gasteiger partial charge in [0.15, 0.2) is 0 Å². The van der Waals surface area contributed by atoms with Crippen molar-refractivity contribution in [3.05, 3.63) is 42.5 Å². The van der Waals surface area contributed by atoms with Crippen LogP contribution in [0.2, 0.25) is 0 Å².